The number of hydrogen-bond acceptors (Lipinski definition) is 5. The van der Waals surface area contributed by atoms with Gasteiger partial charge in [-0.15, -0.1) is 0 Å². The molecule has 1 unspecified atom stereocenters. The predicted octanol–water partition coefficient (Wildman–Crippen LogP) is 2.07. The normalized spacial score (nSPS) is 20.3. The van der Waals surface area contributed by atoms with Gasteiger partial charge in [-0.05, 0) is 53.0 Å². The average molecular weight is 374 g/mol. The topological polar surface area (TPSA) is 78.4 Å². The van der Waals surface area contributed by atoms with Crippen LogP contribution in [0.4, 0.5) is 0 Å². The molecule has 1 aromatic rings. The van der Waals surface area contributed by atoms with Crippen molar-refractivity contribution in [1.29, 1.82) is 0 Å². The summed E-state index contributed by atoms with van der Waals surface area (Å²) in [7, 11) is 0. The monoisotopic (exact) mass is 373 g/mol. The zero-order valence-corrected chi connectivity index (χ0v) is 16.7. The molecule has 27 heavy (non-hydrogen) atoms. The highest BCUT2D eigenvalue weighted by Crippen LogP contribution is 2.32. The minimum atomic E-state index is -0.0897. The summed E-state index contributed by atoms with van der Waals surface area (Å²) in [5.41, 5.74) is 1.33. The molecule has 0 bridgehead atoms. The molecule has 2 heterocycles. The van der Waals surface area contributed by atoms with Crippen molar-refractivity contribution in [3.63, 3.8) is 0 Å². The van der Waals surface area contributed by atoms with Crippen LogP contribution in [-0.2, 0) is 4.79 Å². The number of amides is 2. The number of likely N-dealkylation sites (N-methyl/N-ethyl adjacent to an activating group) is 1. The van der Waals surface area contributed by atoms with E-state index < -0.39 is 0 Å². The summed E-state index contributed by atoms with van der Waals surface area (Å²) < 4.78 is 0. The molecular weight excluding hydrogens is 342 g/mol. The van der Waals surface area contributed by atoms with E-state index in [2.05, 4.69) is 20.2 Å². The molecule has 0 spiro atoms. The highest BCUT2D eigenvalue weighted by atomic mass is 16.2. The third-order valence-corrected chi connectivity index (χ3v) is 5.48. The van der Waals surface area contributed by atoms with Crippen molar-refractivity contribution in [2.45, 2.75) is 65.0 Å². The third kappa shape index (κ3) is 4.83. The maximum atomic E-state index is 12.7. The molecule has 1 saturated heterocycles. The lowest BCUT2D eigenvalue weighted by Crippen LogP contribution is -2.44. The first kappa shape index (κ1) is 19.7. The highest BCUT2D eigenvalue weighted by molar-refractivity contribution is 5.95. The standard InChI is InChI=1S/C20H31N5O2/c1-4-24(5-2)18(26)13-25-11-7-6-8-17(25)19-16(12-21-14(3)22-19)20(27)23-15-9-10-15/h12,15,17H,4-11,13H2,1-3H3,(H,23,27). The molecule has 0 radical (unpaired) electrons. The predicted molar refractivity (Wildman–Crippen MR) is 103 cm³/mol. The summed E-state index contributed by atoms with van der Waals surface area (Å²) in [6.45, 7) is 8.52. The smallest absolute Gasteiger partial charge is 0.254 e. The second kappa shape index (κ2) is 8.78. The molecular formula is C20H31N5O2. The molecule has 0 aromatic carbocycles. The molecule has 1 aromatic heterocycles. The van der Waals surface area contributed by atoms with Crippen molar-refractivity contribution in [3.8, 4) is 0 Å². The van der Waals surface area contributed by atoms with E-state index in [1.54, 1.807) is 6.20 Å². The number of rotatable bonds is 7. The Morgan fingerprint density at radius 2 is 1.96 bits per heavy atom. The molecule has 7 heteroatoms. The number of hydrogen-bond donors (Lipinski definition) is 1. The Labute approximate surface area is 161 Å². The summed E-state index contributed by atoms with van der Waals surface area (Å²) >= 11 is 0. The van der Waals surface area contributed by atoms with Gasteiger partial charge in [0.15, 0.2) is 0 Å². The van der Waals surface area contributed by atoms with Gasteiger partial charge < -0.3 is 10.2 Å². The summed E-state index contributed by atoms with van der Waals surface area (Å²) in [4.78, 5) is 38.3. The van der Waals surface area contributed by atoms with Crippen LogP contribution in [0.3, 0.4) is 0 Å². The Morgan fingerprint density at radius 1 is 1.22 bits per heavy atom. The number of nitrogens with one attached hydrogen (secondary N) is 1. The third-order valence-electron chi connectivity index (χ3n) is 5.48. The molecule has 1 saturated carbocycles. The van der Waals surface area contributed by atoms with Crippen LogP contribution in [0.2, 0.25) is 0 Å². The lowest BCUT2D eigenvalue weighted by atomic mass is 9.96. The van der Waals surface area contributed by atoms with Gasteiger partial charge in [0.2, 0.25) is 5.91 Å². The van der Waals surface area contributed by atoms with Gasteiger partial charge in [0.1, 0.15) is 5.82 Å². The molecule has 2 amide bonds. The molecule has 148 valence electrons. The van der Waals surface area contributed by atoms with Gasteiger partial charge in [0.25, 0.3) is 5.91 Å². The Morgan fingerprint density at radius 3 is 2.63 bits per heavy atom. The largest absolute Gasteiger partial charge is 0.349 e. The van der Waals surface area contributed by atoms with E-state index >= 15 is 0 Å². The van der Waals surface area contributed by atoms with E-state index in [0.29, 0.717) is 24.0 Å². The van der Waals surface area contributed by atoms with E-state index in [-0.39, 0.29) is 17.9 Å². The lowest BCUT2D eigenvalue weighted by Gasteiger charge is -2.36. The lowest BCUT2D eigenvalue weighted by molar-refractivity contribution is -0.133. The maximum Gasteiger partial charge on any atom is 0.254 e. The van der Waals surface area contributed by atoms with Crippen LogP contribution in [0.1, 0.15) is 73.9 Å². The number of nitrogens with zero attached hydrogens (tertiary/aromatic N) is 4. The fourth-order valence-corrected chi connectivity index (χ4v) is 3.75. The molecule has 2 fully saturated rings. The van der Waals surface area contributed by atoms with Gasteiger partial charge in [0.05, 0.1) is 23.8 Å². The van der Waals surface area contributed by atoms with Gasteiger partial charge in [-0.1, -0.05) is 6.42 Å². The van der Waals surface area contributed by atoms with Crippen molar-refractivity contribution < 1.29 is 9.59 Å². The van der Waals surface area contributed by atoms with Crippen molar-refractivity contribution >= 4 is 11.8 Å². The summed E-state index contributed by atoms with van der Waals surface area (Å²) in [6, 6.07) is 0.276. The Balaban J connectivity index is 1.84. The molecule has 3 rings (SSSR count). The molecule has 1 aliphatic carbocycles. The van der Waals surface area contributed by atoms with Crippen molar-refractivity contribution in [1.82, 2.24) is 25.1 Å². The van der Waals surface area contributed by atoms with Crippen LogP contribution in [0.25, 0.3) is 0 Å². The van der Waals surface area contributed by atoms with Crippen molar-refractivity contribution in [2.24, 2.45) is 0 Å². The second-order valence-corrected chi connectivity index (χ2v) is 7.51. The Bertz CT molecular complexity index is 685. The SMILES string of the molecule is CCN(CC)C(=O)CN1CCCCC1c1nc(C)ncc1C(=O)NC1CC1. The fourth-order valence-electron chi connectivity index (χ4n) is 3.75. The van der Waals surface area contributed by atoms with Gasteiger partial charge in [-0.25, -0.2) is 9.97 Å². The van der Waals surface area contributed by atoms with Gasteiger partial charge in [-0.2, -0.15) is 0 Å². The molecule has 7 nitrogen and oxygen atoms in total. The van der Waals surface area contributed by atoms with Crippen molar-refractivity contribution in [3.05, 3.63) is 23.3 Å². The minimum Gasteiger partial charge on any atom is -0.349 e. The van der Waals surface area contributed by atoms with Crippen molar-refractivity contribution in [2.75, 3.05) is 26.2 Å². The van der Waals surface area contributed by atoms with E-state index in [9.17, 15) is 9.59 Å². The summed E-state index contributed by atoms with van der Waals surface area (Å²) in [5, 5.41) is 3.05. The second-order valence-electron chi connectivity index (χ2n) is 7.51. The maximum absolute atomic E-state index is 12.7. The molecule has 2 aliphatic rings. The summed E-state index contributed by atoms with van der Waals surface area (Å²) in [5.74, 6) is 0.711. The average Bonchev–Trinajstić information content (AvgIpc) is 3.47. The van der Waals surface area contributed by atoms with E-state index in [1.807, 2.05) is 25.7 Å². The Hall–Kier alpha value is -2.02. The van der Waals surface area contributed by atoms with Crippen LogP contribution in [0.15, 0.2) is 6.20 Å². The van der Waals surface area contributed by atoms with Crippen LogP contribution in [0.5, 0.6) is 0 Å². The number of carbonyl (C=O) groups is 2. The van der Waals surface area contributed by atoms with Crippen LogP contribution in [-0.4, -0.2) is 63.8 Å². The Kier molecular flexibility index (Phi) is 6.42. The number of aromatic nitrogens is 2. The number of carbonyl (C=O) groups excluding carboxylic acids is 2. The zero-order valence-electron chi connectivity index (χ0n) is 16.7. The van der Waals surface area contributed by atoms with E-state index in [0.717, 1.165) is 57.4 Å². The first-order valence-electron chi connectivity index (χ1n) is 10.2. The zero-order chi connectivity index (χ0) is 19.4. The quantitative estimate of drug-likeness (QED) is 0.792. The molecule has 1 N–H and O–H groups in total. The van der Waals surface area contributed by atoms with Gasteiger partial charge >= 0.3 is 0 Å². The highest BCUT2D eigenvalue weighted by Gasteiger charge is 2.32. The first-order valence-corrected chi connectivity index (χ1v) is 10.2. The molecule has 1 atom stereocenters. The van der Waals surface area contributed by atoms with E-state index in [1.165, 1.54) is 0 Å². The molecule has 1 aliphatic heterocycles. The first-order chi connectivity index (χ1) is 13.0. The van der Waals surface area contributed by atoms with E-state index in [4.69, 9.17) is 0 Å². The van der Waals surface area contributed by atoms with Crippen LogP contribution < -0.4 is 5.32 Å². The number of likely N-dealkylation sites (tertiary alicyclic amines) is 1. The van der Waals surface area contributed by atoms with Crippen LogP contribution >= 0.6 is 0 Å². The minimum absolute atomic E-state index is 0.0140. The number of piperidine rings is 1. The van der Waals surface area contributed by atoms with Gasteiger partial charge in [-0.3, -0.25) is 14.5 Å². The van der Waals surface area contributed by atoms with Crippen LogP contribution in [0, 0.1) is 6.92 Å². The summed E-state index contributed by atoms with van der Waals surface area (Å²) in [6.07, 6.45) is 6.78. The number of aryl methyl sites for hydroxylation is 1. The fraction of sp³-hybridized carbons (Fsp3) is 0.700. The van der Waals surface area contributed by atoms with Gasteiger partial charge in [0, 0.05) is 25.3 Å².